The minimum absolute atomic E-state index is 0.166. The van der Waals surface area contributed by atoms with Crippen LogP contribution in [0.3, 0.4) is 0 Å². The molecule has 0 saturated heterocycles. The molecule has 0 fully saturated rings. The smallest absolute Gasteiger partial charge is 0.341 e. The first-order chi connectivity index (χ1) is 10.4. The van der Waals surface area contributed by atoms with Crippen molar-refractivity contribution in [3.8, 4) is 0 Å². The fourth-order valence-electron chi connectivity index (χ4n) is 2.60. The summed E-state index contributed by atoms with van der Waals surface area (Å²) in [5.41, 5.74) is 1.60. The highest BCUT2D eigenvalue weighted by Crippen LogP contribution is 2.40. The van der Waals surface area contributed by atoms with Gasteiger partial charge in [-0.05, 0) is 44.6 Å². The van der Waals surface area contributed by atoms with Crippen molar-refractivity contribution in [2.24, 2.45) is 5.92 Å². The minimum atomic E-state index is -0.344. The van der Waals surface area contributed by atoms with Gasteiger partial charge in [0.15, 0.2) is 0 Å². The molecule has 1 aromatic rings. The third kappa shape index (κ3) is 4.02. The van der Waals surface area contributed by atoms with Crippen LogP contribution in [0.1, 0.15) is 54.4 Å². The molecule has 0 saturated carbocycles. The number of anilines is 1. The van der Waals surface area contributed by atoms with Gasteiger partial charge in [-0.25, -0.2) is 4.79 Å². The Labute approximate surface area is 140 Å². The highest BCUT2D eigenvalue weighted by atomic mass is 35.5. The minimum Gasteiger partial charge on any atom is -0.459 e. The number of rotatable bonds is 5. The van der Waals surface area contributed by atoms with E-state index < -0.39 is 0 Å². The molecule has 0 aliphatic heterocycles. The molecular formula is C16H22ClNO3S. The molecule has 4 nitrogen and oxygen atoms in total. The van der Waals surface area contributed by atoms with E-state index in [-0.39, 0.29) is 30.3 Å². The first-order valence-electron chi connectivity index (χ1n) is 7.63. The van der Waals surface area contributed by atoms with Crippen LogP contribution in [-0.2, 0) is 22.4 Å². The van der Waals surface area contributed by atoms with Gasteiger partial charge in [-0.2, -0.15) is 0 Å². The van der Waals surface area contributed by atoms with Gasteiger partial charge < -0.3 is 10.1 Å². The molecule has 1 atom stereocenters. The first-order valence-corrected chi connectivity index (χ1v) is 8.98. The summed E-state index contributed by atoms with van der Waals surface area (Å²) in [5.74, 6) is 0.356. The largest absolute Gasteiger partial charge is 0.459 e. The van der Waals surface area contributed by atoms with E-state index in [1.807, 2.05) is 13.8 Å². The van der Waals surface area contributed by atoms with Gasteiger partial charge in [0, 0.05) is 17.2 Å². The Morgan fingerprint density at radius 3 is 2.82 bits per heavy atom. The monoisotopic (exact) mass is 343 g/mol. The van der Waals surface area contributed by atoms with Gasteiger partial charge in [-0.1, -0.05) is 6.92 Å². The van der Waals surface area contributed by atoms with Crippen molar-refractivity contribution in [3.05, 3.63) is 16.0 Å². The highest BCUT2D eigenvalue weighted by Gasteiger charge is 2.29. The molecule has 1 aliphatic rings. The number of hydrogen-bond donors (Lipinski definition) is 1. The van der Waals surface area contributed by atoms with Crippen molar-refractivity contribution < 1.29 is 14.3 Å². The number of ether oxygens (including phenoxy) is 1. The van der Waals surface area contributed by atoms with Crippen molar-refractivity contribution in [1.82, 2.24) is 0 Å². The lowest BCUT2D eigenvalue weighted by Gasteiger charge is -2.18. The van der Waals surface area contributed by atoms with Crippen LogP contribution in [0.4, 0.5) is 5.00 Å². The Morgan fingerprint density at radius 2 is 2.18 bits per heavy atom. The van der Waals surface area contributed by atoms with Crippen LogP contribution >= 0.6 is 22.9 Å². The third-order valence-electron chi connectivity index (χ3n) is 3.63. The van der Waals surface area contributed by atoms with Gasteiger partial charge in [-0.15, -0.1) is 22.9 Å². The molecule has 0 aromatic carbocycles. The van der Waals surface area contributed by atoms with E-state index in [1.54, 1.807) is 0 Å². The summed E-state index contributed by atoms with van der Waals surface area (Å²) in [5, 5.41) is 3.44. The number of alkyl halides is 1. The zero-order chi connectivity index (χ0) is 16.3. The van der Waals surface area contributed by atoms with Crippen LogP contribution in [0.15, 0.2) is 0 Å². The van der Waals surface area contributed by atoms with Gasteiger partial charge in [-0.3, -0.25) is 4.79 Å². The van der Waals surface area contributed by atoms with Crippen molar-refractivity contribution in [2.45, 2.75) is 52.6 Å². The van der Waals surface area contributed by atoms with E-state index in [2.05, 4.69) is 12.2 Å². The molecule has 1 heterocycles. The quantitative estimate of drug-likeness (QED) is 0.649. The van der Waals surface area contributed by atoms with E-state index in [0.29, 0.717) is 16.5 Å². The molecule has 1 aliphatic carbocycles. The Bertz CT molecular complexity index is 568. The highest BCUT2D eigenvalue weighted by molar-refractivity contribution is 7.17. The average molecular weight is 344 g/mol. The Balaban J connectivity index is 2.34. The number of fused-ring (bicyclic) bond motifs is 1. The van der Waals surface area contributed by atoms with E-state index in [4.69, 9.17) is 16.3 Å². The molecule has 122 valence electrons. The molecule has 0 radical (unpaired) electrons. The Kier molecular flexibility index (Phi) is 5.87. The topological polar surface area (TPSA) is 55.4 Å². The van der Waals surface area contributed by atoms with E-state index >= 15 is 0 Å². The second kappa shape index (κ2) is 7.47. The standard InChI is InChI=1S/C16H22ClNO3S/c1-9(2)21-16(20)14-11-5-4-10(3)8-12(11)22-15(14)18-13(19)6-7-17/h9-10H,4-8H2,1-3H3,(H,18,19)/t10-/m0/s1. The summed E-state index contributed by atoms with van der Waals surface area (Å²) in [6.07, 6.45) is 2.92. The number of thiophene rings is 1. The van der Waals surface area contributed by atoms with Crippen molar-refractivity contribution in [3.63, 3.8) is 0 Å². The SMILES string of the molecule is CC(C)OC(=O)c1c(NC(=O)CCCl)sc2c1CC[C@H](C)C2. The molecule has 0 bridgehead atoms. The average Bonchev–Trinajstić information content (AvgIpc) is 2.74. The van der Waals surface area contributed by atoms with Gasteiger partial charge in [0.25, 0.3) is 0 Å². The van der Waals surface area contributed by atoms with Crippen LogP contribution in [0.25, 0.3) is 0 Å². The predicted molar refractivity (Wildman–Crippen MR) is 90.0 cm³/mol. The summed E-state index contributed by atoms with van der Waals surface area (Å²) >= 11 is 7.10. The third-order valence-corrected chi connectivity index (χ3v) is 4.99. The van der Waals surface area contributed by atoms with Gasteiger partial charge in [0.2, 0.25) is 5.91 Å². The maximum atomic E-state index is 12.4. The molecule has 6 heteroatoms. The van der Waals surface area contributed by atoms with Gasteiger partial charge >= 0.3 is 5.97 Å². The fourth-order valence-corrected chi connectivity index (χ4v) is 4.19. The number of hydrogen-bond acceptors (Lipinski definition) is 4. The molecule has 22 heavy (non-hydrogen) atoms. The van der Waals surface area contributed by atoms with Gasteiger partial charge in [0.1, 0.15) is 5.00 Å². The normalized spacial score (nSPS) is 17.2. The number of carbonyl (C=O) groups excluding carboxylic acids is 2. The van der Waals surface area contributed by atoms with Crippen molar-refractivity contribution in [2.75, 3.05) is 11.2 Å². The van der Waals surface area contributed by atoms with Crippen molar-refractivity contribution >= 4 is 39.8 Å². The second-order valence-corrected chi connectivity index (χ2v) is 7.48. The summed E-state index contributed by atoms with van der Waals surface area (Å²) in [6.45, 7) is 5.86. The summed E-state index contributed by atoms with van der Waals surface area (Å²) in [7, 11) is 0. The molecule has 1 aromatic heterocycles. The van der Waals surface area contributed by atoms with Crippen LogP contribution in [0.2, 0.25) is 0 Å². The van der Waals surface area contributed by atoms with E-state index in [1.165, 1.54) is 16.2 Å². The maximum absolute atomic E-state index is 12.4. The second-order valence-electron chi connectivity index (χ2n) is 6.00. The predicted octanol–water partition coefficient (Wildman–Crippen LogP) is 4.01. The van der Waals surface area contributed by atoms with E-state index in [9.17, 15) is 9.59 Å². The Morgan fingerprint density at radius 1 is 1.45 bits per heavy atom. The molecule has 0 spiro atoms. The molecule has 0 unspecified atom stereocenters. The maximum Gasteiger partial charge on any atom is 0.341 e. The summed E-state index contributed by atoms with van der Waals surface area (Å²) in [6, 6.07) is 0. The number of esters is 1. The van der Waals surface area contributed by atoms with Crippen LogP contribution < -0.4 is 5.32 Å². The fraction of sp³-hybridized carbons (Fsp3) is 0.625. The zero-order valence-corrected chi connectivity index (χ0v) is 14.8. The number of halogens is 1. The lowest BCUT2D eigenvalue weighted by molar-refractivity contribution is -0.115. The zero-order valence-electron chi connectivity index (χ0n) is 13.2. The Hall–Kier alpha value is -1.07. The number of nitrogens with one attached hydrogen (secondary N) is 1. The lowest BCUT2D eigenvalue weighted by Crippen LogP contribution is -2.18. The first kappa shape index (κ1) is 17.3. The van der Waals surface area contributed by atoms with Crippen LogP contribution in [0, 0.1) is 5.92 Å². The van der Waals surface area contributed by atoms with Crippen LogP contribution in [0.5, 0.6) is 0 Å². The molecule has 1 amide bonds. The lowest BCUT2D eigenvalue weighted by atomic mass is 9.88. The van der Waals surface area contributed by atoms with Crippen molar-refractivity contribution in [1.29, 1.82) is 0 Å². The number of amides is 1. The molecular weight excluding hydrogens is 322 g/mol. The molecule has 2 rings (SSSR count). The summed E-state index contributed by atoms with van der Waals surface area (Å²) < 4.78 is 5.36. The van der Waals surface area contributed by atoms with Crippen LogP contribution in [-0.4, -0.2) is 23.9 Å². The summed E-state index contributed by atoms with van der Waals surface area (Å²) in [4.78, 5) is 25.5. The van der Waals surface area contributed by atoms with E-state index in [0.717, 1.165) is 24.8 Å². The molecule has 1 N–H and O–H groups in total. The number of carbonyl (C=O) groups is 2. The van der Waals surface area contributed by atoms with Gasteiger partial charge in [0.05, 0.1) is 11.7 Å².